The van der Waals surface area contributed by atoms with Gasteiger partial charge in [0.1, 0.15) is 5.01 Å². The van der Waals surface area contributed by atoms with E-state index in [2.05, 4.69) is 28.6 Å². The summed E-state index contributed by atoms with van der Waals surface area (Å²) in [4.78, 5) is 16.9. The summed E-state index contributed by atoms with van der Waals surface area (Å²) in [7, 11) is 0. The highest BCUT2D eigenvalue weighted by Gasteiger charge is 2.38. The van der Waals surface area contributed by atoms with E-state index in [0.29, 0.717) is 6.54 Å². The van der Waals surface area contributed by atoms with Crippen LogP contribution in [0.2, 0.25) is 0 Å². The molecule has 1 aromatic carbocycles. The maximum Gasteiger partial charge on any atom is 0.240 e. The number of carbonyl (C=O) groups excluding carboxylic acids is 1. The Hall–Kier alpha value is -1.46. The number of amides is 1. The van der Waals surface area contributed by atoms with E-state index in [1.165, 1.54) is 4.70 Å². The molecule has 1 unspecified atom stereocenters. The van der Waals surface area contributed by atoms with Crippen LogP contribution in [0.5, 0.6) is 0 Å². The second-order valence-corrected chi connectivity index (χ2v) is 6.34. The average Bonchev–Trinajstić information content (AvgIpc) is 3.11. The van der Waals surface area contributed by atoms with E-state index in [1.54, 1.807) is 11.3 Å². The highest BCUT2D eigenvalue weighted by Crippen LogP contribution is 2.24. The van der Waals surface area contributed by atoms with Gasteiger partial charge in [-0.15, -0.1) is 11.3 Å². The number of carbonyl (C=O) groups is 1. The van der Waals surface area contributed by atoms with E-state index in [9.17, 15) is 4.79 Å². The summed E-state index contributed by atoms with van der Waals surface area (Å²) in [5, 5.41) is 7.36. The van der Waals surface area contributed by atoms with Crippen molar-refractivity contribution < 1.29 is 4.79 Å². The maximum atomic E-state index is 12.4. The van der Waals surface area contributed by atoms with E-state index in [1.807, 2.05) is 18.2 Å². The predicted octanol–water partition coefficient (Wildman–Crippen LogP) is 2.44. The van der Waals surface area contributed by atoms with Gasteiger partial charge in [-0.3, -0.25) is 4.79 Å². The molecule has 0 spiro atoms. The Kier molecular flexibility index (Phi) is 3.72. The van der Waals surface area contributed by atoms with Gasteiger partial charge in [0, 0.05) is 0 Å². The van der Waals surface area contributed by atoms with Gasteiger partial charge >= 0.3 is 0 Å². The fourth-order valence-electron chi connectivity index (χ4n) is 2.78. The Morgan fingerprint density at radius 2 is 2.35 bits per heavy atom. The number of para-hydroxylation sites is 1. The Bertz CT molecular complexity index is 583. The molecule has 3 rings (SSSR count). The zero-order chi connectivity index (χ0) is 14.0. The van der Waals surface area contributed by atoms with E-state index in [0.717, 1.165) is 36.3 Å². The standard InChI is InChI=1S/C15H19N3OS/c1-2-15(8-5-9-17-15)14(19)16-10-13-18-11-6-3-4-7-12(11)20-13/h3-4,6-7,17H,2,5,8-10H2,1H3,(H,16,19). The molecule has 0 radical (unpaired) electrons. The van der Waals surface area contributed by atoms with E-state index < -0.39 is 0 Å². The van der Waals surface area contributed by atoms with Crippen molar-refractivity contribution in [3.8, 4) is 0 Å². The van der Waals surface area contributed by atoms with Crippen LogP contribution in [0.4, 0.5) is 0 Å². The number of nitrogens with one attached hydrogen (secondary N) is 2. The van der Waals surface area contributed by atoms with Gasteiger partial charge in [0.05, 0.1) is 22.3 Å². The van der Waals surface area contributed by atoms with Crippen molar-refractivity contribution in [1.29, 1.82) is 0 Å². The Labute approximate surface area is 122 Å². The molecule has 106 valence electrons. The smallest absolute Gasteiger partial charge is 0.240 e. The summed E-state index contributed by atoms with van der Waals surface area (Å²) in [6.45, 7) is 3.51. The minimum absolute atomic E-state index is 0.108. The van der Waals surface area contributed by atoms with Crippen molar-refractivity contribution in [3.05, 3.63) is 29.3 Å². The molecule has 5 heteroatoms. The molecule has 1 aromatic heterocycles. The molecule has 1 saturated heterocycles. The van der Waals surface area contributed by atoms with Crippen molar-refractivity contribution in [1.82, 2.24) is 15.6 Å². The molecule has 0 aliphatic carbocycles. The van der Waals surface area contributed by atoms with Gasteiger partial charge in [0.25, 0.3) is 0 Å². The first-order chi connectivity index (χ1) is 9.73. The lowest BCUT2D eigenvalue weighted by molar-refractivity contribution is -0.127. The van der Waals surface area contributed by atoms with Crippen LogP contribution in [-0.4, -0.2) is 23.0 Å². The van der Waals surface area contributed by atoms with Gasteiger partial charge in [0.2, 0.25) is 5.91 Å². The Balaban J connectivity index is 1.68. The lowest BCUT2D eigenvalue weighted by Crippen LogP contribution is -2.52. The van der Waals surface area contributed by atoms with E-state index in [-0.39, 0.29) is 11.4 Å². The molecule has 1 aliphatic rings. The number of hydrogen-bond donors (Lipinski definition) is 2. The molecule has 2 N–H and O–H groups in total. The number of aromatic nitrogens is 1. The van der Waals surface area contributed by atoms with Crippen molar-refractivity contribution in [3.63, 3.8) is 0 Å². The summed E-state index contributed by atoms with van der Waals surface area (Å²) in [6.07, 6.45) is 2.83. The maximum absolute atomic E-state index is 12.4. The summed E-state index contributed by atoms with van der Waals surface area (Å²) in [6, 6.07) is 8.06. The summed E-state index contributed by atoms with van der Waals surface area (Å²) in [5.41, 5.74) is 0.641. The molecule has 20 heavy (non-hydrogen) atoms. The molecule has 1 aliphatic heterocycles. The quantitative estimate of drug-likeness (QED) is 0.909. The lowest BCUT2D eigenvalue weighted by atomic mass is 9.93. The van der Waals surface area contributed by atoms with Crippen molar-refractivity contribution >= 4 is 27.5 Å². The van der Waals surface area contributed by atoms with Crippen LogP contribution >= 0.6 is 11.3 Å². The number of hydrogen-bond acceptors (Lipinski definition) is 4. The third-order valence-electron chi connectivity index (χ3n) is 4.02. The Morgan fingerprint density at radius 3 is 3.05 bits per heavy atom. The molecule has 1 fully saturated rings. The number of rotatable bonds is 4. The highest BCUT2D eigenvalue weighted by molar-refractivity contribution is 7.18. The molecule has 1 atom stereocenters. The minimum atomic E-state index is -0.364. The first-order valence-electron chi connectivity index (χ1n) is 7.11. The zero-order valence-electron chi connectivity index (χ0n) is 11.6. The predicted molar refractivity (Wildman–Crippen MR) is 81.7 cm³/mol. The monoisotopic (exact) mass is 289 g/mol. The summed E-state index contributed by atoms with van der Waals surface area (Å²) >= 11 is 1.64. The fraction of sp³-hybridized carbons (Fsp3) is 0.467. The van der Waals surface area contributed by atoms with Crippen LogP contribution in [0.15, 0.2) is 24.3 Å². The van der Waals surface area contributed by atoms with Crippen molar-refractivity contribution in [2.24, 2.45) is 0 Å². The fourth-order valence-corrected chi connectivity index (χ4v) is 3.69. The van der Waals surface area contributed by atoms with Gasteiger partial charge in [-0.2, -0.15) is 0 Å². The van der Waals surface area contributed by atoms with Gasteiger partial charge in [-0.05, 0) is 37.9 Å². The molecule has 2 aromatic rings. The van der Waals surface area contributed by atoms with Crippen LogP contribution in [0, 0.1) is 0 Å². The highest BCUT2D eigenvalue weighted by atomic mass is 32.1. The Morgan fingerprint density at radius 1 is 1.50 bits per heavy atom. The van der Waals surface area contributed by atoms with Crippen LogP contribution in [0.1, 0.15) is 31.2 Å². The summed E-state index contributed by atoms with van der Waals surface area (Å²) < 4.78 is 1.17. The van der Waals surface area contributed by atoms with Crippen LogP contribution in [0.25, 0.3) is 10.2 Å². The number of thiazole rings is 1. The van der Waals surface area contributed by atoms with Crippen molar-refractivity contribution in [2.45, 2.75) is 38.3 Å². The number of fused-ring (bicyclic) bond motifs is 1. The van der Waals surface area contributed by atoms with Crippen LogP contribution in [-0.2, 0) is 11.3 Å². The zero-order valence-corrected chi connectivity index (χ0v) is 12.4. The molecule has 0 saturated carbocycles. The second-order valence-electron chi connectivity index (χ2n) is 5.22. The van der Waals surface area contributed by atoms with Gasteiger partial charge in [-0.1, -0.05) is 19.1 Å². The molecule has 4 nitrogen and oxygen atoms in total. The van der Waals surface area contributed by atoms with E-state index >= 15 is 0 Å². The molecular formula is C15H19N3OS. The summed E-state index contributed by atoms with van der Waals surface area (Å²) in [5.74, 6) is 0.108. The van der Waals surface area contributed by atoms with Gasteiger partial charge in [0.15, 0.2) is 0 Å². The topological polar surface area (TPSA) is 54.0 Å². The molecule has 0 bridgehead atoms. The SMILES string of the molecule is CCC1(C(=O)NCc2nc3ccccc3s2)CCCN1. The normalized spacial score (nSPS) is 22.2. The molecular weight excluding hydrogens is 270 g/mol. The molecule has 2 heterocycles. The lowest BCUT2D eigenvalue weighted by Gasteiger charge is -2.26. The largest absolute Gasteiger partial charge is 0.348 e. The number of benzene rings is 1. The minimum Gasteiger partial charge on any atom is -0.348 e. The van der Waals surface area contributed by atoms with Gasteiger partial charge < -0.3 is 10.6 Å². The first-order valence-corrected chi connectivity index (χ1v) is 7.93. The van der Waals surface area contributed by atoms with Crippen LogP contribution < -0.4 is 10.6 Å². The third-order valence-corrected chi connectivity index (χ3v) is 5.06. The van der Waals surface area contributed by atoms with Crippen molar-refractivity contribution in [2.75, 3.05) is 6.54 Å². The average molecular weight is 289 g/mol. The first kappa shape index (κ1) is 13.5. The van der Waals surface area contributed by atoms with E-state index in [4.69, 9.17) is 0 Å². The third kappa shape index (κ3) is 2.43. The number of nitrogens with zero attached hydrogens (tertiary/aromatic N) is 1. The molecule has 1 amide bonds. The van der Waals surface area contributed by atoms with Gasteiger partial charge in [-0.25, -0.2) is 4.98 Å². The van der Waals surface area contributed by atoms with Crippen LogP contribution in [0.3, 0.4) is 0 Å². The second kappa shape index (κ2) is 5.50.